The largest absolute Gasteiger partial charge is 0.468 e. The zero-order valence-electron chi connectivity index (χ0n) is 34.2. The summed E-state index contributed by atoms with van der Waals surface area (Å²) in [4.78, 5) is 31.1. The molecule has 6 saturated carbocycles. The second kappa shape index (κ2) is 21.3. The van der Waals surface area contributed by atoms with Gasteiger partial charge in [-0.15, -0.1) is 0 Å². The highest BCUT2D eigenvalue weighted by Gasteiger charge is 2.41. The number of rotatable bonds is 14. The standard InChI is InChI=1S/C36H44O8.C10H16.C2H4O/c1-4-35(37)43-22-40-27-9-6-25(7-10-27)18-26-8-16-31-32-17-15-30(20-34(32)24(3)33(31)19-26)42-21-39-28-11-13-29(14-12-28)41-23-44-36(38)5-2;1-7-2-9-4-8(1)5-10(3-7)6-9;1-2-3/h4-5,8,15-17,19-20,24-25,27-29H,1-2,6-7,9-14,18,21-23H2,3H3;7-10H,1-6H2;2H,1H3. The normalized spacial score (nSPS) is 28.9. The SMILES string of the molecule is C1C2CC3CC1CC(C2)C3.C=CC(=O)OCOC1CCC(Cc2ccc3c(c2)C(C)c2cc(OCOC4CCC(OCOC(=O)C=C)CC4)ccc2-3)CC1.CC=O. The highest BCUT2D eigenvalue weighted by molar-refractivity contribution is 5.81. The molecule has 2 aromatic rings. The topological polar surface area (TPSA) is 107 Å². The van der Waals surface area contributed by atoms with Gasteiger partial charge in [-0.1, -0.05) is 44.3 Å². The molecule has 7 aliphatic rings. The highest BCUT2D eigenvalue weighted by Crippen LogP contribution is 2.53. The molecular weight excluding hydrogens is 721 g/mol. The number of hydrogen-bond acceptors (Lipinski definition) is 9. The Kier molecular flexibility index (Phi) is 16.0. The maximum Gasteiger partial charge on any atom is 0.332 e. The van der Waals surface area contributed by atoms with E-state index in [1.54, 1.807) is 38.5 Å². The predicted octanol–water partition coefficient (Wildman–Crippen LogP) is 10.0. The lowest BCUT2D eigenvalue weighted by Gasteiger charge is -2.49. The summed E-state index contributed by atoms with van der Waals surface area (Å²) in [5, 5.41) is 0. The monoisotopic (exact) mass is 784 g/mol. The molecule has 1 atom stereocenters. The summed E-state index contributed by atoms with van der Waals surface area (Å²) in [6.07, 6.45) is 21.8. The molecule has 0 spiro atoms. The molecule has 0 radical (unpaired) electrons. The molecule has 9 nitrogen and oxygen atoms in total. The Hall–Kier alpha value is -3.79. The number of hydrogen-bond donors (Lipinski definition) is 0. The van der Waals surface area contributed by atoms with Crippen LogP contribution in [0, 0.1) is 29.6 Å². The van der Waals surface area contributed by atoms with Crippen LogP contribution in [-0.2, 0) is 44.5 Å². The minimum absolute atomic E-state index is 0.000814. The quantitative estimate of drug-likeness (QED) is 0.0801. The third-order valence-corrected chi connectivity index (χ3v) is 13.2. The molecule has 2 aromatic carbocycles. The van der Waals surface area contributed by atoms with Crippen molar-refractivity contribution in [3.05, 3.63) is 78.4 Å². The molecule has 0 amide bonds. The van der Waals surface area contributed by atoms with Crippen LogP contribution >= 0.6 is 0 Å². The van der Waals surface area contributed by atoms with Gasteiger partial charge in [0, 0.05) is 18.1 Å². The van der Waals surface area contributed by atoms with Crippen LogP contribution in [0.5, 0.6) is 5.75 Å². The van der Waals surface area contributed by atoms with Gasteiger partial charge in [0.1, 0.15) is 12.0 Å². The van der Waals surface area contributed by atoms with E-state index in [0.717, 1.165) is 82.0 Å². The minimum Gasteiger partial charge on any atom is -0.468 e. The molecule has 0 aromatic heterocycles. The van der Waals surface area contributed by atoms with Crippen molar-refractivity contribution >= 4 is 18.2 Å². The van der Waals surface area contributed by atoms with Crippen molar-refractivity contribution in [3.63, 3.8) is 0 Å². The minimum atomic E-state index is -0.474. The van der Waals surface area contributed by atoms with Gasteiger partial charge in [-0.2, -0.15) is 0 Å². The summed E-state index contributed by atoms with van der Waals surface area (Å²) >= 11 is 0. The summed E-state index contributed by atoms with van der Waals surface area (Å²) in [5.41, 5.74) is 6.64. The summed E-state index contributed by atoms with van der Waals surface area (Å²) in [7, 11) is 0. The zero-order chi connectivity index (χ0) is 40.1. The number of carbonyl (C=O) groups excluding carboxylic acids is 3. The fourth-order valence-electron chi connectivity index (χ4n) is 10.6. The molecule has 4 bridgehead atoms. The number of fused-ring (bicyclic) bond motifs is 3. The van der Waals surface area contributed by atoms with Crippen LogP contribution in [0.15, 0.2) is 61.7 Å². The maximum atomic E-state index is 11.2. The van der Waals surface area contributed by atoms with Crippen molar-refractivity contribution < 1.29 is 42.8 Å². The second-order valence-corrected chi connectivity index (χ2v) is 17.1. The summed E-state index contributed by atoms with van der Waals surface area (Å²) in [6, 6.07) is 13.3. The lowest BCUT2D eigenvalue weighted by atomic mass is 9.56. The lowest BCUT2D eigenvalue weighted by molar-refractivity contribution is -0.159. The van der Waals surface area contributed by atoms with Gasteiger partial charge in [0.2, 0.25) is 0 Å². The Morgan fingerprint density at radius 2 is 1.05 bits per heavy atom. The van der Waals surface area contributed by atoms with Crippen molar-refractivity contribution in [2.75, 3.05) is 20.4 Å². The highest BCUT2D eigenvalue weighted by atomic mass is 16.7. The van der Waals surface area contributed by atoms with Crippen LogP contribution in [-0.4, -0.2) is 56.9 Å². The first-order chi connectivity index (χ1) is 27.7. The summed E-state index contributed by atoms with van der Waals surface area (Å²) < 4.78 is 33.3. The van der Waals surface area contributed by atoms with Gasteiger partial charge in [-0.3, -0.25) is 0 Å². The third kappa shape index (κ3) is 12.1. The van der Waals surface area contributed by atoms with Crippen LogP contribution in [0.3, 0.4) is 0 Å². The van der Waals surface area contributed by atoms with Gasteiger partial charge in [0.15, 0.2) is 20.4 Å². The average molecular weight is 785 g/mol. The van der Waals surface area contributed by atoms with E-state index in [4.69, 9.17) is 33.2 Å². The molecule has 0 aliphatic heterocycles. The van der Waals surface area contributed by atoms with Crippen LogP contribution in [0.1, 0.15) is 126 Å². The third-order valence-electron chi connectivity index (χ3n) is 13.2. The molecule has 9 heteroatoms. The molecule has 7 aliphatic carbocycles. The Bertz CT molecular complexity index is 1590. The van der Waals surface area contributed by atoms with E-state index in [1.165, 1.54) is 58.4 Å². The molecule has 6 fully saturated rings. The molecular formula is C48H64O9. The smallest absolute Gasteiger partial charge is 0.332 e. The van der Waals surface area contributed by atoms with Crippen molar-refractivity contribution in [1.82, 2.24) is 0 Å². The summed E-state index contributed by atoms with van der Waals surface area (Å²) in [6.45, 7) is 10.7. The number of aldehydes is 1. The van der Waals surface area contributed by atoms with Crippen LogP contribution in [0.2, 0.25) is 0 Å². The van der Waals surface area contributed by atoms with E-state index in [2.05, 4.69) is 50.4 Å². The maximum absolute atomic E-state index is 11.2. The van der Waals surface area contributed by atoms with Crippen LogP contribution < -0.4 is 4.74 Å². The number of carbonyl (C=O) groups is 3. The fourth-order valence-corrected chi connectivity index (χ4v) is 10.6. The fraction of sp³-hybridized carbons (Fsp3) is 0.604. The van der Waals surface area contributed by atoms with Gasteiger partial charge in [-0.05, 0) is 173 Å². The second-order valence-electron chi connectivity index (χ2n) is 17.1. The molecule has 1 unspecified atom stereocenters. The lowest BCUT2D eigenvalue weighted by Crippen LogP contribution is -2.38. The molecule has 0 N–H and O–H groups in total. The zero-order valence-corrected chi connectivity index (χ0v) is 34.2. The predicted molar refractivity (Wildman–Crippen MR) is 219 cm³/mol. The van der Waals surface area contributed by atoms with Crippen LogP contribution in [0.25, 0.3) is 11.1 Å². The first-order valence-corrected chi connectivity index (χ1v) is 21.5. The van der Waals surface area contributed by atoms with Crippen molar-refractivity contribution in [2.45, 2.75) is 134 Å². The number of esters is 2. The number of ether oxygens (including phenoxy) is 6. The van der Waals surface area contributed by atoms with Crippen LogP contribution in [0.4, 0.5) is 0 Å². The Morgan fingerprint density at radius 3 is 1.53 bits per heavy atom. The first kappa shape index (κ1) is 42.8. The summed E-state index contributed by atoms with van der Waals surface area (Å²) in [5.74, 6) is 5.54. The van der Waals surface area contributed by atoms with E-state index < -0.39 is 11.9 Å². The van der Waals surface area contributed by atoms with Crippen molar-refractivity contribution in [1.29, 1.82) is 0 Å². The molecule has 0 saturated heterocycles. The van der Waals surface area contributed by atoms with Crippen molar-refractivity contribution in [3.8, 4) is 16.9 Å². The molecule has 310 valence electrons. The molecule has 57 heavy (non-hydrogen) atoms. The van der Waals surface area contributed by atoms with Gasteiger partial charge >= 0.3 is 11.9 Å². The Balaban J connectivity index is 0.000000353. The van der Waals surface area contributed by atoms with E-state index in [1.807, 2.05) is 6.07 Å². The molecule has 9 rings (SSSR count). The van der Waals surface area contributed by atoms with Gasteiger partial charge < -0.3 is 33.2 Å². The van der Waals surface area contributed by atoms with E-state index in [9.17, 15) is 9.59 Å². The Labute approximate surface area is 339 Å². The first-order valence-electron chi connectivity index (χ1n) is 21.5. The van der Waals surface area contributed by atoms with E-state index >= 15 is 0 Å². The number of benzene rings is 2. The Morgan fingerprint density at radius 1 is 0.632 bits per heavy atom. The van der Waals surface area contributed by atoms with Crippen molar-refractivity contribution in [2.24, 2.45) is 29.6 Å². The van der Waals surface area contributed by atoms with E-state index in [0.29, 0.717) is 11.8 Å². The van der Waals surface area contributed by atoms with E-state index in [-0.39, 0.29) is 38.7 Å². The van der Waals surface area contributed by atoms with Gasteiger partial charge in [0.25, 0.3) is 0 Å². The van der Waals surface area contributed by atoms with Gasteiger partial charge in [-0.25, -0.2) is 9.59 Å². The molecule has 0 heterocycles. The average Bonchev–Trinajstić information content (AvgIpc) is 3.48. The van der Waals surface area contributed by atoms with Gasteiger partial charge in [0.05, 0.1) is 18.3 Å².